The summed E-state index contributed by atoms with van der Waals surface area (Å²) in [6.45, 7) is 11.2. The topological polar surface area (TPSA) is 12.9 Å². The van der Waals surface area contributed by atoms with Crippen molar-refractivity contribution in [3.05, 3.63) is 77.5 Å². The number of aryl methyl sites for hydroxylation is 1. The molecule has 0 aliphatic carbocycles. The van der Waals surface area contributed by atoms with E-state index in [1.165, 1.54) is 33.4 Å². The maximum atomic E-state index is 4.61. The molecule has 0 radical (unpaired) electrons. The highest BCUT2D eigenvalue weighted by molar-refractivity contribution is 5.72. The van der Waals surface area contributed by atoms with E-state index in [2.05, 4.69) is 94.2 Å². The lowest BCUT2D eigenvalue weighted by Crippen LogP contribution is -1.95. The Morgan fingerprint density at radius 2 is 1.36 bits per heavy atom. The summed E-state index contributed by atoms with van der Waals surface area (Å²) in [5.41, 5.74) is 8.81. The van der Waals surface area contributed by atoms with Gasteiger partial charge in [-0.05, 0) is 58.7 Å². The van der Waals surface area contributed by atoms with Crippen molar-refractivity contribution in [1.82, 2.24) is 4.98 Å². The molecule has 25 heavy (non-hydrogen) atoms. The van der Waals surface area contributed by atoms with E-state index < -0.39 is 0 Å². The first-order valence-electron chi connectivity index (χ1n) is 9.13. The molecule has 1 aromatic heterocycles. The van der Waals surface area contributed by atoms with Gasteiger partial charge in [-0.1, -0.05) is 70.2 Å². The highest BCUT2D eigenvalue weighted by atomic mass is 14.7. The van der Waals surface area contributed by atoms with Crippen molar-refractivity contribution >= 4 is 0 Å². The summed E-state index contributed by atoms with van der Waals surface area (Å²) in [4.78, 5) is 4.61. The Bertz CT molecular complexity index is 849. The average molecular weight is 329 g/mol. The van der Waals surface area contributed by atoms with Gasteiger partial charge in [0.1, 0.15) is 0 Å². The third-order valence-corrected chi connectivity index (χ3v) is 4.83. The normalized spacial score (nSPS) is 11.3. The first-order chi connectivity index (χ1) is 12.0. The Morgan fingerprint density at radius 1 is 0.720 bits per heavy atom. The van der Waals surface area contributed by atoms with Gasteiger partial charge in [-0.15, -0.1) is 0 Å². The summed E-state index contributed by atoms with van der Waals surface area (Å²) < 4.78 is 0. The van der Waals surface area contributed by atoms with Crippen LogP contribution in [0.4, 0.5) is 0 Å². The highest BCUT2D eigenvalue weighted by Gasteiger charge is 2.10. The summed E-state index contributed by atoms with van der Waals surface area (Å²) in [6.07, 6.45) is 1.92. The fraction of sp³-hybridized carbons (Fsp3) is 0.292. The van der Waals surface area contributed by atoms with Gasteiger partial charge in [-0.3, -0.25) is 4.98 Å². The Labute approximate surface area is 151 Å². The molecule has 128 valence electrons. The summed E-state index contributed by atoms with van der Waals surface area (Å²) in [5.74, 6) is 1.05. The number of aromatic nitrogens is 1. The van der Waals surface area contributed by atoms with Crippen LogP contribution in [0.2, 0.25) is 0 Å². The van der Waals surface area contributed by atoms with Gasteiger partial charge in [0, 0.05) is 11.8 Å². The summed E-state index contributed by atoms with van der Waals surface area (Å²) in [7, 11) is 0. The maximum absolute atomic E-state index is 4.61. The van der Waals surface area contributed by atoms with E-state index in [-0.39, 0.29) is 0 Å². The Hall–Kier alpha value is -2.41. The molecule has 2 aromatic carbocycles. The molecule has 0 aliphatic rings. The standard InChI is InChI=1S/C24H27N/c1-16(2)20-12-21(17(3)4)14-22(13-20)19-10-11-25-24(15-19)23-9-7-6-8-18(23)5/h6-17H,1-5H3. The molecule has 0 N–H and O–H groups in total. The molecule has 0 bridgehead atoms. The summed E-state index contributed by atoms with van der Waals surface area (Å²) >= 11 is 0. The number of hydrogen-bond donors (Lipinski definition) is 0. The molecule has 3 aromatic rings. The number of nitrogens with zero attached hydrogens (tertiary/aromatic N) is 1. The van der Waals surface area contributed by atoms with Crippen LogP contribution in [0.15, 0.2) is 60.8 Å². The summed E-state index contributed by atoms with van der Waals surface area (Å²) in [5, 5.41) is 0. The molecule has 1 heterocycles. The molecule has 1 nitrogen and oxygen atoms in total. The Kier molecular flexibility index (Phi) is 5.03. The molecule has 3 rings (SSSR count). The van der Waals surface area contributed by atoms with Crippen LogP contribution in [0.3, 0.4) is 0 Å². The van der Waals surface area contributed by atoms with Crippen LogP contribution in [0, 0.1) is 6.92 Å². The van der Waals surface area contributed by atoms with Gasteiger partial charge < -0.3 is 0 Å². The minimum Gasteiger partial charge on any atom is -0.256 e. The van der Waals surface area contributed by atoms with Crippen LogP contribution in [0.25, 0.3) is 22.4 Å². The Morgan fingerprint density at radius 3 is 1.96 bits per heavy atom. The molecule has 0 spiro atoms. The average Bonchev–Trinajstić information content (AvgIpc) is 2.61. The molecule has 0 saturated carbocycles. The van der Waals surface area contributed by atoms with Gasteiger partial charge in [0.05, 0.1) is 5.69 Å². The van der Waals surface area contributed by atoms with Crippen LogP contribution in [0.1, 0.15) is 56.2 Å². The quantitative estimate of drug-likeness (QED) is 0.503. The molecule has 0 saturated heterocycles. The van der Waals surface area contributed by atoms with Crippen LogP contribution in [-0.2, 0) is 0 Å². The first-order valence-corrected chi connectivity index (χ1v) is 9.13. The third-order valence-electron chi connectivity index (χ3n) is 4.83. The minimum absolute atomic E-state index is 0.523. The summed E-state index contributed by atoms with van der Waals surface area (Å²) in [6, 6.07) is 19.8. The Balaban J connectivity index is 2.11. The molecule has 0 aliphatic heterocycles. The van der Waals surface area contributed by atoms with E-state index in [1.54, 1.807) is 0 Å². The van der Waals surface area contributed by atoms with Gasteiger partial charge >= 0.3 is 0 Å². The molecule has 1 heteroatoms. The van der Waals surface area contributed by atoms with Gasteiger partial charge in [0.2, 0.25) is 0 Å². The first kappa shape index (κ1) is 17.4. The molecular formula is C24H27N. The van der Waals surface area contributed by atoms with Crippen LogP contribution < -0.4 is 0 Å². The van der Waals surface area contributed by atoms with Gasteiger partial charge in [0.25, 0.3) is 0 Å². The number of benzene rings is 2. The zero-order chi connectivity index (χ0) is 18.0. The SMILES string of the molecule is Cc1ccccc1-c1cc(-c2cc(C(C)C)cc(C(C)C)c2)ccn1. The van der Waals surface area contributed by atoms with E-state index >= 15 is 0 Å². The number of pyridine rings is 1. The van der Waals surface area contributed by atoms with Gasteiger partial charge in [0.15, 0.2) is 0 Å². The van der Waals surface area contributed by atoms with Crippen molar-refractivity contribution in [3.8, 4) is 22.4 Å². The van der Waals surface area contributed by atoms with E-state index in [0.717, 1.165) is 5.69 Å². The van der Waals surface area contributed by atoms with E-state index in [9.17, 15) is 0 Å². The van der Waals surface area contributed by atoms with Crippen LogP contribution in [-0.4, -0.2) is 4.98 Å². The second-order valence-electron chi connectivity index (χ2n) is 7.44. The number of hydrogen-bond acceptors (Lipinski definition) is 1. The van der Waals surface area contributed by atoms with E-state index in [0.29, 0.717) is 11.8 Å². The van der Waals surface area contributed by atoms with Crippen LogP contribution >= 0.6 is 0 Å². The second kappa shape index (κ2) is 7.23. The van der Waals surface area contributed by atoms with Crippen molar-refractivity contribution in [2.75, 3.05) is 0 Å². The lowest BCUT2D eigenvalue weighted by atomic mass is 9.90. The molecule has 0 amide bonds. The predicted octanol–water partition coefficient (Wildman–Crippen LogP) is 6.97. The lowest BCUT2D eigenvalue weighted by molar-refractivity contribution is 0.834. The highest BCUT2D eigenvalue weighted by Crippen LogP contribution is 2.31. The molecule has 0 unspecified atom stereocenters. The van der Waals surface area contributed by atoms with Crippen molar-refractivity contribution in [2.24, 2.45) is 0 Å². The fourth-order valence-corrected chi connectivity index (χ4v) is 3.13. The third kappa shape index (κ3) is 3.82. The number of rotatable bonds is 4. The van der Waals surface area contributed by atoms with Crippen molar-refractivity contribution in [3.63, 3.8) is 0 Å². The second-order valence-corrected chi connectivity index (χ2v) is 7.44. The monoisotopic (exact) mass is 329 g/mol. The maximum Gasteiger partial charge on any atom is 0.0710 e. The van der Waals surface area contributed by atoms with Crippen molar-refractivity contribution in [2.45, 2.75) is 46.5 Å². The smallest absolute Gasteiger partial charge is 0.0710 e. The van der Waals surface area contributed by atoms with Crippen LogP contribution in [0.5, 0.6) is 0 Å². The van der Waals surface area contributed by atoms with E-state index in [1.807, 2.05) is 6.20 Å². The van der Waals surface area contributed by atoms with Crippen molar-refractivity contribution < 1.29 is 0 Å². The zero-order valence-corrected chi connectivity index (χ0v) is 15.9. The fourth-order valence-electron chi connectivity index (χ4n) is 3.13. The zero-order valence-electron chi connectivity index (χ0n) is 15.9. The van der Waals surface area contributed by atoms with E-state index in [4.69, 9.17) is 0 Å². The van der Waals surface area contributed by atoms with Crippen molar-refractivity contribution in [1.29, 1.82) is 0 Å². The van der Waals surface area contributed by atoms with Gasteiger partial charge in [-0.2, -0.15) is 0 Å². The van der Waals surface area contributed by atoms with Gasteiger partial charge in [-0.25, -0.2) is 0 Å². The minimum atomic E-state index is 0.523. The largest absolute Gasteiger partial charge is 0.256 e. The lowest BCUT2D eigenvalue weighted by Gasteiger charge is -2.15. The predicted molar refractivity (Wildman–Crippen MR) is 108 cm³/mol. The molecule has 0 atom stereocenters. The molecular weight excluding hydrogens is 302 g/mol. The molecule has 0 fully saturated rings.